The van der Waals surface area contributed by atoms with Crippen molar-refractivity contribution in [3.8, 4) is 0 Å². The maximum Gasteiger partial charge on any atom is 0.251 e. The van der Waals surface area contributed by atoms with Crippen molar-refractivity contribution in [3.63, 3.8) is 0 Å². The summed E-state index contributed by atoms with van der Waals surface area (Å²) in [4.78, 5) is 16.0. The van der Waals surface area contributed by atoms with Crippen LogP contribution in [0.2, 0.25) is 0 Å². The first kappa shape index (κ1) is 15.4. The van der Waals surface area contributed by atoms with E-state index < -0.39 is 9.84 Å². The molecule has 0 radical (unpaired) electrons. The Labute approximate surface area is 112 Å². The van der Waals surface area contributed by atoms with Crippen LogP contribution >= 0.6 is 0 Å². The van der Waals surface area contributed by atoms with E-state index in [9.17, 15) is 13.2 Å². The molecule has 106 valence electrons. The molecule has 1 rings (SSSR count). The van der Waals surface area contributed by atoms with Gasteiger partial charge in [-0.25, -0.2) is 19.2 Å². The van der Waals surface area contributed by atoms with Crippen LogP contribution < -0.4 is 16.6 Å². The number of pyridine rings is 1. The van der Waals surface area contributed by atoms with Crippen LogP contribution in [0.15, 0.2) is 12.1 Å². The van der Waals surface area contributed by atoms with Crippen LogP contribution in [0.25, 0.3) is 0 Å². The summed E-state index contributed by atoms with van der Waals surface area (Å²) < 4.78 is 21.9. The molecule has 0 atom stereocenters. The number of hydrogen-bond acceptors (Lipinski definition) is 6. The smallest absolute Gasteiger partial charge is 0.251 e. The minimum Gasteiger partial charge on any atom is -0.351 e. The molecule has 1 heterocycles. The molecule has 0 fully saturated rings. The van der Waals surface area contributed by atoms with Crippen LogP contribution in [-0.2, 0) is 16.3 Å². The fourth-order valence-electron chi connectivity index (χ4n) is 1.43. The van der Waals surface area contributed by atoms with Crippen LogP contribution in [0, 0.1) is 0 Å². The van der Waals surface area contributed by atoms with Crippen LogP contribution in [0.3, 0.4) is 0 Å². The van der Waals surface area contributed by atoms with Gasteiger partial charge in [-0.3, -0.25) is 4.79 Å². The molecule has 7 nitrogen and oxygen atoms in total. The Bertz CT molecular complexity index is 535. The molecule has 1 aromatic rings. The van der Waals surface area contributed by atoms with Crippen LogP contribution in [0.5, 0.6) is 0 Å². The zero-order valence-corrected chi connectivity index (χ0v) is 11.8. The molecule has 8 heteroatoms. The topological polar surface area (TPSA) is 114 Å². The van der Waals surface area contributed by atoms with Crippen molar-refractivity contribution in [1.29, 1.82) is 0 Å². The van der Waals surface area contributed by atoms with Gasteiger partial charge in [-0.1, -0.05) is 6.92 Å². The zero-order valence-electron chi connectivity index (χ0n) is 10.9. The number of nitrogens with two attached hydrogens (primary N) is 1. The Hall–Kier alpha value is -1.67. The summed E-state index contributed by atoms with van der Waals surface area (Å²) in [6.07, 6.45) is 1.79. The quantitative estimate of drug-likeness (QED) is 0.489. The molecule has 0 spiro atoms. The van der Waals surface area contributed by atoms with E-state index in [0.717, 1.165) is 11.9 Å². The normalized spacial score (nSPS) is 11.1. The predicted octanol–water partition coefficient (Wildman–Crippen LogP) is -0.296. The van der Waals surface area contributed by atoms with Gasteiger partial charge in [0.1, 0.15) is 15.7 Å². The Morgan fingerprint density at radius 2 is 2.11 bits per heavy atom. The Morgan fingerprint density at radius 1 is 1.42 bits per heavy atom. The summed E-state index contributed by atoms with van der Waals surface area (Å²) in [5.41, 5.74) is 3.51. The minimum absolute atomic E-state index is 0.0762. The molecular formula is C11H18N4O3S. The molecule has 0 saturated carbocycles. The second kappa shape index (κ2) is 6.48. The van der Waals surface area contributed by atoms with E-state index in [1.807, 2.05) is 6.92 Å². The number of hydrogen-bond donors (Lipinski definition) is 3. The fraction of sp³-hybridized carbons (Fsp3) is 0.455. The van der Waals surface area contributed by atoms with Crippen molar-refractivity contribution >= 4 is 21.6 Å². The third-order valence-electron chi connectivity index (χ3n) is 2.41. The van der Waals surface area contributed by atoms with Gasteiger partial charge in [0.15, 0.2) is 0 Å². The zero-order chi connectivity index (χ0) is 14.5. The van der Waals surface area contributed by atoms with Crippen LogP contribution in [0.4, 0.5) is 5.82 Å². The maximum absolute atomic E-state index is 11.9. The van der Waals surface area contributed by atoms with Crippen LogP contribution in [0.1, 0.15) is 23.0 Å². The monoisotopic (exact) mass is 286 g/mol. The van der Waals surface area contributed by atoms with Gasteiger partial charge in [0, 0.05) is 24.1 Å². The third kappa shape index (κ3) is 5.23. The van der Waals surface area contributed by atoms with E-state index in [0.29, 0.717) is 17.8 Å². The molecule has 4 N–H and O–H groups in total. The summed E-state index contributed by atoms with van der Waals surface area (Å²) in [6, 6.07) is 3.16. The minimum atomic E-state index is -3.09. The van der Waals surface area contributed by atoms with Gasteiger partial charge in [-0.05, 0) is 18.6 Å². The summed E-state index contributed by atoms with van der Waals surface area (Å²) in [7, 11) is -3.09. The first-order valence-electron chi connectivity index (χ1n) is 5.79. The number of nitrogens with one attached hydrogen (secondary N) is 2. The lowest BCUT2D eigenvalue weighted by Gasteiger charge is -2.08. The molecule has 0 aromatic carbocycles. The molecule has 1 aromatic heterocycles. The van der Waals surface area contributed by atoms with Crippen molar-refractivity contribution in [1.82, 2.24) is 10.3 Å². The highest BCUT2D eigenvalue weighted by atomic mass is 32.2. The van der Waals surface area contributed by atoms with E-state index in [4.69, 9.17) is 5.84 Å². The summed E-state index contributed by atoms with van der Waals surface area (Å²) in [5, 5.41) is 2.54. The summed E-state index contributed by atoms with van der Waals surface area (Å²) in [6.45, 7) is 1.99. The third-order valence-corrected chi connectivity index (χ3v) is 3.35. The Balaban J connectivity index is 2.76. The molecule has 0 saturated heterocycles. The largest absolute Gasteiger partial charge is 0.351 e. The van der Waals surface area contributed by atoms with Gasteiger partial charge >= 0.3 is 0 Å². The standard InChI is InChI=1S/C11H18N4O3S/c1-3-9-6-8(7-10(14-9)15-12)11(16)13-4-5-19(2,17)18/h6-7H,3-5,12H2,1-2H3,(H,13,16)(H,14,15). The lowest BCUT2D eigenvalue weighted by atomic mass is 10.2. The molecule has 19 heavy (non-hydrogen) atoms. The summed E-state index contributed by atoms with van der Waals surface area (Å²) in [5.74, 6) is 5.23. The number of hydrazine groups is 1. The number of nitrogen functional groups attached to an aromatic ring is 1. The van der Waals surface area contributed by atoms with E-state index in [-0.39, 0.29) is 18.2 Å². The Kier molecular flexibility index (Phi) is 5.25. The number of carbonyl (C=O) groups excluding carboxylic acids is 1. The number of aromatic nitrogens is 1. The fourth-order valence-corrected chi connectivity index (χ4v) is 1.90. The van der Waals surface area contributed by atoms with Gasteiger partial charge < -0.3 is 10.7 Å². The molecule has 0 bridgehead atoms. The van der Waals surface area contributed by atoms with Crippen molar-refractivity contribution in [2.24, 2.45) is 5.84 Å². The molecule has 0 aliphatic carbocycles. The van der Waals surface area contributed by atoms with E-state index in [1.54, 1.807) is 6.07 Å². The molecule has 0 unspecified atom stereocenters. The lowest BCUT2D eigenvalue weighted by Crippen LogP contribution is -2.29. The van der Waals surface area contributed by atoms with E-state index in [1.165, 1.54) is 6.07 Å². The average molecular weight is 286 g/mol. The van der Waals surface area contributed by atoms with Gasteiger partial charge in [-0.2, -0.15) is 0 Å². The number of carbonyl (C=O) groups is 1. The molecule has 0 aliphatic rings. The van der Waals surface area contributed by atoms with E-state index >= 15 is 0 Å². The second-order valence-corrected chi connectivity index (χ2v) is 6.38. The first-order chi connectivity index (χ1) is 8.85. The number of nitrogens with zero attached hydrogens (tertiary/aromatic N) is 1. The van der Waals surface area contributed by atoms with Crippen molar-refractivity contribution in [2.45, 2.75) is 13.3 Å². The highest BCUT2D eigenvalue weighted by molar-refractivity contribution is 7.90. The van der Waals surface area contributed by atoms with Crippen LogP contribution in [-0.4, -0.2) is 37.9 Å². The van der Waals surface area contributed by atoms with Gasteiger partial charge in [-0.15, -0.1) is 0 Å². The highest BCUT2D eigenvalue weighted by Gasteiger charge is 2.10. The molecule has 1 amide bonds. The maximum atomic E-state index is 11.9. The van der Waals surface area contributed by atoms with Gasteiger partial charge in [0.25, 0.3) is 5.91 Å². The van der Waals surface area contributed by atoms with Crippen molar-refractivity contribution < 1.29 is 13.2 Å². The number of rotatable bonds is 6. The average Bonchev–Trinajstić information content (AvgIpc) is 2.36. The predicted molar refractivity (Wildman–Crippen MR) is 73.5 cm³/mol. The number of anilines is 1. The number of sulfone groups is 1. The van der Waals surface area contributed by atoms with Crippen molar-refractivity contribution in [2.75, 3.05) is 24.0 Å². The lowest BCUT2D eigenvalue weighted by molar-refractivity contribution is 0.0956. The number of aryl methyl sites for hydroxylation is 1. The molecular weight excluding hydrogens is 268 g/mol. The Morgan fingerprint density at radius 3 is 2.63 bits per heavy atom. The number of amides is 1. The first-order valence-corrected chi connectivity index (χ1v) is 7.85. The summed E-state index contributed by atoms with van der Waals surface area (Å²) >= 11 is 0. The van der Waals surface area contributed by atoms with E-state index in [2.05, 4.69) is 15.7 Å². The second-order valence-electron chi connectivity index (χ2n) is 4.12. The highest BCUT2D eigenvalue weighted by Crippen LogP contribution is 2.10. The van der Waals surface area contributed by atoms with Gasteiger partial charge in [0.05, 0.1) is 5.75 Å². The molecule has 0 aliphatic heterocycles. The SMILES string of the molecule is CCc1cc(C(=O)NCCS(C)(=O)=O)cc(NN)n1. The van der Waals surface area contributed by atoms with Crippen molar-refractivity contribution in [3.05, 3.63) is 23.4 Å². The van der Waals surface area contributed by atoms with Gasteiger partial charge in [0.2, 0.25) is 0 Å².